The number of nitrogen functional groups attached to an aromatic ring is 1. The number of hydrogen-bond donors (Lipinski definition) is 2. The molecule has 3 N–H and O–H groups in total. The standard InChI is InChI=1S/C14H16FN3O/c1-2-4-11-13(16)17-12(18-14(11)19)8-9-5-3-6-10(15)7-9/h3,5-7H,2,4,8H2,1H3,(H3,16,17,18,19). The molecule has 2 rings (SSSR count). The third-order valence-electron chi connectivity index (χ3n) is 2.86. The fraction of sp³-hybridized carbons (Fsp3) is 0.286. The molecule has 0 spiro atoms. The van der Waals surface area contributed by atoms with Gasteiger partial charge in [-0.2, -0.15) is 0 Å². The number of hydrogen-bond acceptors (Lipinski definition) is 3. The van der Waals surface area contributed by atoms with E-state index in [1.165, 1.54) is 12.1 Å². The summed E-state index contributed by atoms with van der Waals surface area (Å²) in [6, 6.07) is 6.19. The number of aromatic amines is 1. The minimum absolute atomic E-state index is 0.208. The lowest BCUT2D eigenvalue weighted by molar-refractivity contribution is 0.625. The quantitative estimate of drug-likeness (QED) is 0.884. The van der Waals surface area contributed by atoms with Crippen LogP contribution in [0.25, 0.3) is 0 Å². The zero-order chi connectivity index (χ0) is 13.8. The number of anilines is 1. The van der Waals surface area contributed by atoms with Crippen LogP contribution >= 0.6 is 0 Å². The molecule has 1 heterocycles. The summed E-state index contributed by atoms with van der Waals surface area (Å²) in [4.78, 5) is 18.7. The van der Waals surface area contributed by atoms with Crippen LogP contribution < -0.4 is 11.3 Å². The Hall–Kier alpha value is -2.17. The van der Waals surface area contributed by atoms with Crippen LogP contribution in [0.1, 0.15) is 30.3 Å². The van der Waals surface area contributed by atoms with E-state index in [0.29, 0.717) is 24.2 Å². The molecule has 0 amide bonds. The van der Waals surface area contributed by atoms with Crippen molar-refractivity contribution in [2.75, 3.05) is 5.73 Å². The van der Waals surface area contributed by atoms with Gasteiger partial charge in [0.15, 0.2) is 0 Å². The van der Waals surface area contributed by atoms with Crippen molar-refractivity contribution in [3.63, 3.8) is 0 Å². The molecule has 0 radical (unpaired) electrons. The van der Waals surface area contributed by atoms with Crippen LogP contribution in [-0.2, 0) is 12.8 Å². The highest BCUT2D eigenvalue weighted by Crippen LogP contribution is 2.10. The number of rotatable bonds is 4. The molecule has 0 aliphatic carbocycles. The van der Waals surface area contributed by atoms with Gasteiger partial charge in [-0.15, -0.1) is 0 Å². The summed E-state index contributed by atoms with van der Waals surface area (Å²) in [6.07, 6.45) is 1.79. The second-order valence-electron chi connectivity index (χ2n) is 4.43. The Labute approximate surface area is 110 Å². The molecule has 2 aromatic rings. The van der Waals surface area contributed by atoms with Gasteiger partial charge in [0.25, 0.3) is 5.56 Å². The lowest BCUT2D eigenvalue weighted by Crippen LogP contribution is -2.19. The molecule has 0 unspecified atom stereocenters. The minimum Gasteiger partial charge on any atom is -0.383 e. The van der Waals surface area contributed by atoms with Crippen LogP contribution in [0.5, 0.6) is 0 Å². The first-order valence-electron chi connectivity index (χ1n) is 6.22. The molecule has 0 aliphatic rings. The predicted octanol–water partition coefficient (Wildman–Crippen LogP) is 2.03. The summed E-state index contributed by atoms with van der Waals surface area (Å²) in [5, 5.41) is 0. The molecule has 4 nitrogen and oxygen atoms in total. The molecule has 0 fully saturated rings. The zero-order valence-electron chi connectivity index (χ0n) is 10.7. The normalized spacial score (nSPS) is 10.6. The summed E-state index contributed by atoms with van der Waals surface area (Å²) in [5.41, 5.74) is 6.84. The predicted molar refractivity (Wildman–Crippen MR) is 72.5 cm³/mol. The van der Waals surface area contributed by atoms with Crippen molar-refractivity contribution >= 4 is 5.82 Å². The Bertz CT molecular complexity index is 637. The van der Waals surface area contributed by atoms with E-state index in [2.05, 4.69) is 9.97 Å². The molecule has 0 bridgehead atoms. The fourth-order valence-electron chi connectivity index (χ4n) is 1.98. The van der Waals surface area contributed by atoms with Gasteiger partial charge in [0.2, 0.25) is 0 Å². The van der Waals surface area contributed by atoms with E-state index in [1.54, 1.807) is 12.1 Å². The largest absolute Gasteiger partial charge is 0.383 e. The molecular formula is C14H16FN3O. The van der Waals surface area contributed by atoms with E-state index in [1.807, 2.05) is 6.92 Å². The van der Waals surface area contributed by atoms with Gasteiger partial charge in [-0.05, 0) is 24.1 Å². The zero-order valence-corrected chi connectivity index (χ0v) is 10.7. The highest BCUT2D eigenvalue weighted by atomic mass is 19.1. The number of nitrogens with one attached hydrogen (secondary N) is 1. The Morgan fingerprint density at radius 3 is 2.84 bits per heavy atom. The van der Waals surface area contributed by atoms with E-state index in [-0.39, 0.29) is 17.2 Å². The first-order chi connectivity index (χ1) is 9.10. The van der Waals surface area contributed by atoms with Crippen LogP contribution in [-0.4, -0.2) is 9.97 Å². The van der Waals surface area contributed by atoms with E-state index in [4.69, 9.17) is 5.73 Å². The maximum Gasteiger partial charge on any atom is 0.256 e. The smallest absolute Gasteiger partial charge is 0.256 e. The molecule has 19 heavy (non-hydrogen) atoms. The van der Waals surface area contributed by atoms with Crippen LogP contribution in [0.4, 0.5) is 10.2 Å². The molecule has 1 aromatic heterocycles. The van der Waals surface area contributed by atoms with E-state index in [9.17, 15) is 9.18 Å². The van der Waals surface area contributed by atoms with E-state index < -0.39 is 0 Å². The number of nitrogens with zero attached hydrogens (tertiary/aromatic N) is 1. The van der Waals surface area contributed by atoms with Crippen molar-refractivity contribution in [3.05, 3.63) is 57.4 Å². The number of H-pyrrole nitrogens is 1. The summed E-state index contributed by atoms with van der Waals surface area (Å²) < 4.78 is 13.1. The van der Waals surface area contributed by atoms with Gasteiger partial charge in [-0.3, -0.25) is 4.79 Å². The molecule has 0 atom stereocenters. The Kier molecular flexibility index (Phi) is 3.94. The highest BCUT2D eigenvalue weighted by Gasteiger charge is 2.08. The Balaban J connectivity index is 2.29. The second kappa shape index (κ2) is 5.65. The Morgan fingerprint density at radius 2 is 2.21 bits per heavy atom. The van der Waals surface area contributed by atoms with Gasteiger partial charge in [0.05, 0.1) is 5.56 Å². The van der Waals surface area contributed by atoms with Crippen LogP contribution in [0.15, 0.2) is 29.1 Å². The second-order valence-corrected chi connectivity index (χ2v) is 4.43. The van der Waals surface area contributed by atoms with Crippen LogP contribution in [0, 0.1) is 5.82 Å². The van der Waals surface area contributed by atoms with Crippen molar-refractivity contribution in [2.45, 2.75) is 26.2 Å². The molecule has 0 saturated carbocycles. The molecule has 0 saturated heterocycles. The molecule has 5 heteroatoms. The monoisotopic (exact) mass is 261 g/mol. The molecular weight excluding hydrogens is 245 g/mol. The molecule has 0 aliphatic heterocycles. The van der Waals surface area contributed by atoms with Gasteiger partial charge < -0.3 is 10.7 Å². The van der Waals surface area contributed by atoms with Gasteiger partial charge >= 0.3 is 0 Å². The van der Waals surface area contributed by atoms with Gasteiger partial charge in [0.1, 0.15) is 17.5 Å². The van der Waals surface area contributed by atoms with Crippen molar-refractivity contribution in [1.29, 1.82) is 0 Å². The third-order valence-corrected chi connectivity index (χ3v) is 2.86. The summed E-state index contributed by atoms with van der Waals surface area (Å²) in [7, 11) is 0. The topological polar surface area (TPSA) is 71.8 Å². The van der Waals surface area contributed by atoms with Crippen LogP contribution in [0.3, 0.4) is 0 Å². The average molecular weight is 261 g/mol. The first kappa shape index (κ1) is 13.3. The molecule has 100 valence electrons. The lowest BCUT2D eigenvalue weighted by Gasteiger charge is -2.06. The summed E-state index contributed by atoms with van der Waals surface area (Å²) >= 11 is 0. The van der Waals surface area contributed by atoms with Crippen molar-refractivity contribution in [1.82, 2.24) is 9.97 Å². The van der Waals surface area contributed by atoms with E-state index >= 15 is 0 Å². The minimum atomic E-state index is -0.310. The van der Waals surface area contributed by atoms with Crippen molar-refractivity contribution in [2.24, 2.45) is 0 Å². The fourth-order valence-corrected chi connectivity index (χ4v) is 1.98. The highest BCUT2D eigenvalue weighted by molar-refractivity contribution is 5.38. The van der Waals surface area contributed by atoms with Crippen LogP contribution in [0.2, 0.25) is 0 Å². The average Bonchev–Trinajstić information content (AvgIpc) is 2.34. The number of halogens is 1. The number of benzene rings is 1. The van der Waals surface area contributed by atoms with Crippen molar-refractivity contribution < 1.29 is 4.39 Å². The summed E-state index contributed by atoms with van der Waals surface area (Å²) in [6.45, 7) is 1.97. The Morgan fingerprint density at radius 1 is 1.42 bits per heavy atom. The molecule has 1 aromatic carbocycles. The van der Waals surface area contributed by atoms with E-state index in [0.717, 1.165) is 12.0 Å². The first-order valence-corrected chi connectivity index (χ1v) is 6.22. The number of nitrogens with two attached hydrogens (primary N) is 1. The number of aromatic nitrogens is 2. The summed E-state index contributed by atoms with van der Waals surface area (Å²) in [5.74, 6) is 0.403. The van der Waals surface area contributed by atoms with Gasteiger partial charge in [0, 0.05) is 6.42 Å². The maximum atomic E-state index is 13.1. The van der Waals surface area contributed by atoms with Crippen molar-refractivity contribution in [3.8, 4) is 0 Å². The van der Waals surface area contributed by atoms with Gasteiger partial charge in [-0.1, -0.05) is 25.5 Å². The lowest BCUT2D eigenvalue weighted by atomic mass is 10.1. The maximum absolute atomic E-state index is 13.1. The van der Waals surface area contributed by atoms with Gasteiger partial charge in [-0.25, -0.2) is 9.37 Å². The third kappa shape index (κ3) is 3.19. The SMILES string of the molecule is CCCc1c(N)nc(Cc2cccc(F)c2)[nH]c1=O.